The highest BCUT2D eigenvalue weighted by Crippen LogP contribution is 2.35. The fourth-order valence-electron chi connectivity index (χ4n) is 2.08. The molecule has 0 spiro atoms. The van der Waals surface area contributed by atoms with Crippen LogP contribution in [0.5, 0.6) is 17.2 Å². The van der Waals surface area contributed by atoms with Gasteiger partial charge in [-0.3, -0.25) is 0 Å². The first kappa shape index (κ1) is 15.7. The van der Waals surface area contributed by atoms with Crippen LogP contribution in [0.4, 0.5) is 0 Å². The number of phenolic OH excluding ortho intramolecular Hbond substituents is 3. The number of esters is 1. The molecule has 116 valence electrons. The molecule has 2 rings (SSSR count). The Hall–Kier alpha value is -2.69. The molecule has 0 aliphatic heterocycles. The molecule has 2 aromatic carbocycles. The minimum Gasteiger partial charge on any atom is -0.504 e. The Morgan fingerprint density at radius 2 is 1.68 bits per heavy atom. The van der Waals surface area contributed by atoms with Gasteiger partial charge in [-0.05, 0) is 30.0 Å². The standard InChI is InChI=1S/C17H18O5/c1-11(12-5-3-2-4-6-12)7-8-22-17(21)13-9-14(18)16(20)15(19)10-13/h2-6,9-11,18-20H,7-8H2,1H3. The van der Waals surface area contributed by atoms with Gasteiger partial charge in [-0.1, -0.05) is 37.3 Å². The van der Waals surface area contributed by atoms with Crippen LogP contribution >= 0.6 is 0 Å². The summed E-state index contributed by atoms with van der Waals surface area (Å²) in [7, 11) is 0. The Morgan fingerprint density at radius 1 is 1.09 bits per heavy atom. The number of phenols is 3. The van der Waals surface area contributed by atoms with E-state index in [1.54, 1.807) is 0 Å². The van der Waals surface area contributed by atoms with Crippen molar-refractivity contribution in [3.05, 3.63) is 53.6 Å². The van der Waals surface area contributed by atoms with Crippen molar-refractivity contribution in [2.75, 3.05) is 6.61 Å². The van der Waals surface area contributed by atoms with Crippen molar-refractivity contribution in [1.29, 1.82) is 0 Å². The molecule has 0 aliphatic rings. The molecule has 0 fully saturated rings. The molecule has 0 heterocycles. The second kappa shape index (κ2) is 6.85. The lowest BCUT2D eigenvalue weighted by Crippen LogP contribution is -2.08. The summed E-state index contributed by atoms with van der Waals surface area (Å²) in [6.45, 7) is 2.26. The molecule has 0 bridgehead atoms. The number of hydrogen-bond acceptors (Lipinski definition) is 5. The average Bonchev–Trinajstić information content (AvgIpc) is 2.52. The molecule has 0 radical (unpaired) electrons. The van der Waals surface area contributed by atoms with Crippen LogP contribution in [0.1, 0.15) is 35.2 Å². The van der Waals surface area contributed by atoms with Crippen LogP contribution < -0.4 is 0 Å². The molecule has 0 aromatic heterocycles. The third-order valence-corrected chi connectivity index (χ3v) is 3.46. The van der Waals surface area contributed by atoms with Crippen molar-refractivity contribution < 1.29 is 24.9 Å². The summed E-state index contributed by atoms with van der Waals surface area (Å²) < 4.78 is 5.13. The fraction of sp³-hybridized carbons (Fsp3) is 0.235. The molecule has 3 N–H and O–H groups in total. The van der Waals surface area contributed by atoms with Gasteiger partial charge in [-0.15, -0.1) is 0 Å². The van der Waals surface area contributed by atoms with Crippen molar-refractivity contribution in [1.82, 2.24) is 0 Å². The van der Waals surface area contributed by atoms with Crippen molar-refractivity contribution in [2.24, 2.45) is 0 Å². The number of carbonyl (C=O) groups excluding carboxylic acids is 1. The zero-order chi connectivity index (χ0) is 16.1. The first-order chi connectivity index (χ1) is 10.5. The van der Waals surface area contributed by atoms with Gasteiger partial charge in [0.1, 0.15) is 0 Å². The highest BCUT2D eigenvalue weighted by atomic mass is 16.5. The van der Waals surface area contributed by atoms with Gasteiger partial charge in [0, 0.05) is 0 Å². The largest absolute Gasteiger partial charge is 0.504 e. The zero-order valence-electron chi connectivity index (χ0n) is 12.2. The SMILES string of the molecule is CC(CCOC(=O)c1cc(O)c(O)c(O)c1)c1ccccc1. The molecule has 1 atom stereocenters. The van der Waals surface area contributed by atoms with Crippen LogP contribution in [0.2, 0.25) is 0 Å². The second-order valence-electron chi connectivity index (χ2n) is 5.10. The number of aromatic hydroxyl groups is 3. The monoisotopic (exact) mass is 302 g/mol. The van der Waals surface area contributed by atoms with E-state index in [4.69, 9.17) is 4.74 Å². The van der Waals surface area contributed by atoms with E-state index >= 15 is 0 Å². The Morgan fingerprint density at radius 3 is 2.27 bits per heavy atom. The van der Waals surface area contributed by atoms with Gasteiger partial charge in [0.05, 0.1) is 12.2 Å². The zero-order valence-corrected chi connectivity index (χ0v) is 12.2. The third-order valence-electron chi connectivity index (χ3n) is 3.46. The maximum Gasteiger partial charge on any atom is 0.338 e. The number of benzene rings is 2. The highest BCUT2D eigenvalue weighted by Gasteiger charge is 2.15. The number of rotatable bonds is 5. The highest BCUT2D eigenvalue weighted by molar-refractivity contribution is 5.91. The van der Waals surface area contributed by atoms with Crippen molar-refractivity contribution in [3.8, 4) is 17.2 Å². The van der Waals surface area contributed by atoms with E-state index in [0.29, 0.717) is 6.42 Å². The maximum absolute atomic E-state index is 11.9. The van der Waals surface area contributed by atoms with Crippen LogP contribution in [0.15, 0.2) is 42.5 Å². The summed E-state index contributed by atoms with van der Waals surface area (Å²) in [6.07, 6.45) is 0.659. The lowest BCUT2D eigenvalue weighted by Gasteiger charge is -2.12. The topological polar surface area (TPSA) is 87.0 Å². The predicted octanol–water partition coefficient (Wildman–Crippen LogP) is 3.15. The summed E-state index contributed by atoms with van der Waals surface area (Å²) >= 11 is 0. The predicted molar refractivity (Wildman–Crippen MR) is 81.2 cm³/mol. The van der Waals surface area contributed by atoms with Crippen LogP contribution in [-0.4, -0.2) is 27.9 Å². The minimum absolute atomic E-state index is 0.0137. The summed E-state index contributed by atoms with van der Waals surface area (Å²) in [6, 6.07) is 12.0. The van der Waals surface area contributed by atoms with Gasteiger partial charge in [-0.25, -0.2) is 4.79 Å². The number of ether oxygens (including phenoxy) is 1. The molecular formula is C17H18O5. The summed E-state index contributed by atoms with van der Waals surface area (Å²) in [4.78, 5) is 11.9. The van der Waals surface area contributed by atoms with Gasteiger partial charge in [0.25, 0.3) is 0 Å². The molecule has 5 heteroatoms. The Labute approximate surface area is 128 Å². The molecule has 0 saturated carbocycles. The molecular weight excluding hydrogens is 284 g/mol. The third kappa shape index (κ3) is 3.69. The van der Waals surface area contributed by atoms with E-state index < -0.39 is 23.2 Å². The van der Waals surface area contributed by atoms with Crippen molar-refractivity contribution >= 4 is 5.97 Å². The molecule has 22 heavy (non-hydrogen) atoms. The first-order valence-electron chi connectivity index (χ1n) is 6.96. The van der Waals surface area contributed by atoms with Gasteiger partial charge in [0.2, 0.25) is 0 Å². The summed E-state index contributed by atoms with van der Waals surface area (Å²) in [5.74, 6) is -2.20. The number of carbonyl (C=O) groups is 1. The van der Waals surface area contributed by atoms with Crippen LogP contribution in [0.25, 0.3) is 0 Å². The smallest absolute Gasteiger partial charge is 0.338 e. The molecule has 0 aliphatic carbocycles. The normalized spacial score (nSPS) is 11.9. The Bertz CT molecular complexity index is 628. The van der Waals surface area contributed by atoms with Crippen LogP contribution in [0.3, 0.4) is 0 Å². The molecule has 5 nitrogen and oxygen atoms in total. The van der Waals surface area contributed by atoms with Gasteiger partial charge < -0.3 is 20.1 Å². The molecule has 1 unspecified atom stereocenters. The van der Waals surface area contributed by atoms with Crippen LogP contribution in [0, 0.1) is 0 Å². The summed E-state index contributed by atoms with van der Waals surface area (Å²) in [5.41, 5.74) is 1.15. The number of hydrogen-bond donors (Lipinski definition) is 3. The van der Waals surface area contributed by atoms with Crippen LogP contribution in [-0.2, 0) is 4.74 Å². The van der Waals surface area contributed by atoms with Gasteiger partial charge in [-0.2, -0.15) is 0 Å². The van der Waals surface area contributed by atoms with Gasteiger partial charge >= 0.3 is 5.97 Å². The summed E-state index contributed by atoms with van der Waals surface area (Å²) in [5, 5.41) is 28.0. The van der Waals surface area contributed by atoms with E-state index in [0.717, 1.165) is 12.1 Å². The van der Waals surface area contributed by atoms with E-state index in [1.165, 1.54) is 5.56 Å². The van der Waals surface area contributed by atoms with E-state index in [-0.39, 0.29) is 18.1 Å². The molecule has 0 amide bonds. The first-order valence-corrected chi connectivity index (χ1v) is 6.96. The maximum atomic E-state index is 11.9. The fourth-order valence-corrected chi connectivity index (χ4v) is 2.08. The second-order valence-corrected chi connectivity index (χ2v) is 5.10. The van der Waals surface area contributed by atoms with E-state index in [2.05, 4.69) is 0 Å². The molecule has 0 saturated heterocycles. The Kier molecular flexibility index (Phi) is 4.88. The van der Waals surface area contributed by atoms with Crippen molar-refractivity contribution in [2.45, 2.75) is 19.3 Å². The van der Waals surface area contributed by atoms with Crippen molar-refractivity contribution in [3.63, 3.8) is 0 Å². The minimum atomic E-state index is -0.661. The Balaban J connectivity index is 1.91. The van der Waals surface area contributed by atoms with E-state index in [9.17, 15) is 20.1 Å². The van der Waals surface area contributed by atoms with E-state index in [1.807, 2.05) is 37.3 Å². The molecule has 2 aromatic rings. The lowest BCUT2D eigenvalue weighted by molar-refractivity contribution is 0.0493. The van der Waals surface area contributed by atoms with Gasteiger partial charge in [0.15, 0.2) is 17.2 Å². The average molecular weight is 302 g/mol. The lowest BCUT2D eigenvalue weighted by atomic mass is 9.98. The quantitative estimate of drug-likeness (QED) is 0.583.